The normalized spacial score (nSPS) is 14.9. The lowest BCUT2D eigenvalue weighted by Crippen LogP contribution is -2.33. The van der Waals surface area contributed by atoms with Crippen LogP contribution in [-0.4, -0.2) is 17.1 Å². The molecule has 1 saturated carbocycles. The van der Waals surface area contributed by atoms with Gasteiger partial charge in [-0.3, -0.25) is 4.79 Å². The molecule has 1 amide bonds. The molecular weight excluding hydrogens is 316 g/mol. The van der Waals surface area contributed by atoms with Gasteiger partial charge in [0.2, 0.25) is 0 Å². The standard InChI is InChI=1S/C17H19ClN2O3/c1-11-15(10-22-14-8-6-12(18)7-9-14)16(20-23-11)17(21)19-13-4-2-3-5-13/h6-9,13H,2-5,10H2,1H3,(H,19,21). The highest BCUT2D eigenvalue weighted by molar-refractivity contribution is 6.30. The number of aromatic nitrogens is 1. The summed E-state index contributed by atoms with van der Waals surface area (Å²) in [4.78, 5) is 12.4. The predicted molar refractivity (Wildman–Crippen MR) is 86.7 cm³/mol. The van der Waals surface area contributed by atoms with Crippen molar-refractivity contribution in [3.63, 3.8) is 0 Å². The molecule has 1 fully saturated rings. The molecule has 1 N–H and O–H groups in total. The van der Waals surface area contributed by atoms with Crippen LogP contribution in [0.1, 0.15) is 47.5 Å². The number of rotatable bonds is 5. The molecule has 3 rings (SSSR count). The van der Waals surface area contributed by atoms with Gasteiger partial charge >= 0.3 is 0 Å². The van der Waals surface area contributed by atoms with Crippen LogP contribution in [0.4, 0.5) is 0 Å². The van der Waals surface area contributed by atoms with Crippen molar-refractivity contribution in [1.29, 1.82) is 0 Å². The van der Waals surface area contributed by atoms with Gasteiger partial charge in [0.1, 0.15) is 18.1 Å². The van der Waals surface area contributed by atoms with E-state index < -0.39 is 0 Å². The average molecular weight is 335 g/mol. The molecule has 1 aliphatic rings. The van der Waals surface area contributed by atoms with Crippen molar-refractivity contribution >= 4 is 17.5 Å². The van der Waals surface area contributed by atoms with Gasteiger partial charge in [-0.1, -0.05) is 29.6 Å². The Morgan fingerprint density at radius 3 is 2.74 bits per heavy atom. The van der Waals surface area contributed by atoms with E-state index in [0.717, 1.165) is 25.7 Å². The average Bonchev–Trinajstić information content (AvgIpc) is 3.16. The highest BCUT2D eigenvalue weighted by Crippen LogP contribution is 2.21. The van der Waals surface area contributed by atoms with E-state index in [0.29, 0.717) is 27.8 Å². The second kappa shape index (κ2) is 7.04. The molecular formula is C17H19ClN2O3. The number of benzene rings is 1. The number of nitrogens with zero attached hydrogens (tertiary/aromatic N) is 1. The molecule has 1 aromatic heterocycles. The van der Waals surface area contributed by atoms with Crippen LogP contribution < -0.4 is 10.1 Å². The monoisotopic (exact) mass is 334 g/mol. The molecule has 0 bridgehead atoms. The maximum absolute atomic E-state index is 12.4. The van der Waals surface area contributed by atoms with E-state index in [4.69, 9.17) is 20.9 Å². The zero-order valence-corrected chi connectivity index (χ0v) is 13.7. The SMILES string of the molecule is Cc1onc(C(=O)NC2CCCC2)c1COc1ccc(Cl)cc1. The molecule has 1 aromatic carbocycles. The second-order valence-corrected chi connectivity index (χ2v) is 6.20. The summed E-state index contributed by atoms with van der Waals surface area (Å²) in [5.74, 6) is 1.08. The number of ether oxygens (including phenoxy) is 1. The Morgan fingerprint density at radius 2 is 2.04 bits per heavy atom. The van der Waals surface area contributed by atoms with Crippen LogP contribution in [0.2, 0.25) is 5.02 Å². The lowest BCUT2D eigenvalue weighted by Gasteiger charge is -2.11. The van der Waals surface area contributed by atoms with Crippen LogP contribution in [0, 0.1) is 6.92 Å². The van der Waals surface area contributed by atoms with Gasteiger partial charge < -0.3 is 14.6 Å². The molecule has 0 saturated heterocycles. The maximum Gasteiger partial charge on any atom is 0.274 e. The van der Waals surface area contributed by atoms with Crippen molar-refractivity contribution in [3.05, 3.63) is 46.3 Å². The molecule has 1 aliphatic carbocycles. The van der Waals surface area contributed by atoms with Gasteiger partial charge in [0, 0.05) is 11.1 Å². The highest BCUT2D eigenvalue weighted by Gasteiger charge is 2.24. The molecule has 1 heterocycles. The first-order valence-corrected chi connectivity index (χ1v) is 8.15. The first-order chi connectivity index (χ1) is 11.1. The third kappa shape index (κ3) is 3.85. The third-order valence-electron chi connectivity index (χ3n) is 4.09. The number of halogens is 1. The van der Waals surface area contributed by atoms with E-state index in [-0.39, 0.29) is 18.6 Å². The topological polar surface area (TPSA) is 64.4 Å². The Kier molecular flexibility index (Phi) is 4.86. The number of nitrogens with one attached hydrogen (secondary N) is 1. The fourth-order valence-corrected chi connectivity index (χ4v) is 2.88. The van der Waals surface area contributed by atoms with Gasteiger partial charge in [-0.05, 0) is 44.0 Å². The Labute approximate surface area is 139 Å². The summed E-state index contributed by atoms with van der Waals surface area (Å²) in [5.41, 5.74) is 0.985. The summed E-state index contributed by atoms with van der Waals surface area (Å²) in [6.07, 6.45) is 4.38. The Hall–Kier alpha value is -2.01. The molecule has 0 unspecified atom stereocenters. The van der Waals surface area contributed by atoms with E-state index in [9.17, 15) is 4.79 Å². The van der Waals surface area contributed by atoms with Crippen LogP contribution in [0.15, 0.2) is 28.8 Å². The van der Waals surface area contributed by atoms with Gasteiger partial charge in [0.25, 0.3) is 5.91 Å². The minimum atomic E-state index is -0.191. The highest BCUT2D eigenvalue weighted by atomic mass is 35.5. The van der Waals surface area contributed by atoms with E-state index in [1.165, 1.54) is 0 Å². The van der Waals surface area contributed by atoms with Gasteiger partial charge in [-0.15, -0.1) is 0 Å². The minimum absolute atomic E-state index is 0.191. The Bertz CT molecular complexity index is 676. The van der Waals surface area contributed by atoms with E-state index in [1.54, 1.807) is 31.2 Å². The molecule has 0 atom stereocenters. The summed E-state index contributed by atoms with van der Waals surface area (Å²) in [6.45, 7) is 2.00. The van der Waals surface area contributed by atoms with Gasteiger partial charge in [-0.25, -0.2) is 0 Å². The van der Waals surface area contributed by atoms with Crippen molar-refractivity contribution in [2.75, 3.05) is 0 Å². The molecule has 122 valence electrons. The fraction of sp³-hybridized carbons (Fsp3) is 0.412. The van der Waals surface area contributed by atoms with E-state index >= 15 is 0 Å². The van der Waals surface area contributed by atoms with Crippen LogP contribution >= 0.6 is 11.6 Å². The van der Waals surface area contributed by atoms with Crippen molar-refractivity contribution in [2.45, 2.75) is 45.3 Å². The Balaban J connectivity index is 1.67. The third-order valence-corrected chi connectivity index (χ3v) is 4.34. The number of carbonyl (C=O) groups excluding carboxylic acids is 1. The summed E-state index contributed by atoms with van der Waals surface area (Å²) >= 11 is 5.85. The largest absolute Gasteiger partial charge is 0.489 e. The molecule has 2 aromatic rings. The van der Waals surface area contributed by atoms with Crippen molar-refractivity contribution < 1.29 is 14.1 Å². The summed E-state index contributed by atoms with van der Waals surface area (Å²) < 4.78 is 10.9. The summed E-state index contributed by atoms with van der Waals surface area (Å²) in [6, 6.07) is 7.31. The first-order valence-electron chi connectivity index (χ1n) is 7.78. The van der Waals surface area contributed by atoms with E-state index in [1.807, 2.05) is 0 Å². The predicted octanol–water partition coefficient (Wildman–Crippen LogP) is 3.89. The second-order valence-electron chi connectivity index (χ2n) is 5.76. The zero-order chi connectivity index (χ0) is 16.2. The van der Waals surface area contributed by atoms with Crippen LogP contribution in [-0.2, 0) is 6.61 Å². The molecule has 0 radical (unpaired) electrons. The Morgan fingerprint density at radius 1 is 1.35 bits per heavy atom. The van der Waals surface area contributed by atoms with Crippen molar-refractivity contribution in [2.24, 2.45) is 0 Å². The van der Waals surface area contributed by atoms with Crippen LogP contribution in [0.5, 0.6) is 5.75 Å². The van der Waals surface area contributed by atoms with E-state index in [2.05, 4.69) is 10.5 Å². The smallest absolute Gasteiger partial charge is 0.274 e. The maximum atomic E-state index is 12.4. The first kappa shape index (κ1) is 15.9. The van der Waals surface area contributed by atoms with Gasteiger partial charge in [-0.2, -0.15) is 0 Å². The number of hydrogen-bond donors (Lipinski definition) is 1. The van der Waals surface area contributed by atoms with Crippen LogP contribution in [0.25, 0.3) is 0 Å². The lowest BCUT2D eigenvalue weighted by molar-refractivity contribution is 0.0926. The van der Waals surface area contributed by atoms with Crippen molar-refractivity contribution in [1.82, 2.24) is 10.5 Å². The molecule has 0 aliphatic heterocycles. The molecule has 5 nitrogen and oxygen atoms in total. The van der Waals surface area contributed by atoms with Crippen LogP contribution in [0.3, 0.4) is 0 Å². The minimum Gasteiger partial charge on any atom is -0.489 e. The molecule has 0 spiro atoms. The zero-order valence-electron chi connectivity index (χ0n) is 13.0. The number of amides is 1. The summed E-state index contributed by atoms with van der Waals surface area (Å²) in [5, 5.41) is 7.56. The molecule has 6 heteroatoms. The lowest BCUT2D eigenvalue weighted by atomic mass is 10.1. The quantitative estimate of drug-likeness (QED) is 0.901. The number of hydrogen-bond acceptors (Lipinski definition) is 4. The van der Waals surface area contributed by atoms with Crippen molar-refractivity contribution in [3.8, 4) is 5.75 Å². The number of carbonyl (C=O) groups is 1. The summed E-state index contributed by atoms with van der Waals surface area (Å²) in [7, 11) is 0. The van der Waals surface area contributed by atoms with Gasteiger partial charge in [0.15, 0.2) is 5.69 Å². The fourth-order valence-electron chi connectivity index (χ4n) is 2.75. The van der Waals surface area contributed by atoms with Gasteiger partial charge in [0.05, 0.1) is 5.56 Å². The molecule has 23 heavy (non-hydrogen) atoms. The number of aryl methyl sites for hydroxylation is 1.